The van der Waals surface area contributed by atoms with Crippen molar-refractivity contribution < 1.29 is 4.79 Å². The Labute approximate surface area is 120 Å². The van der Waals surface area contributed by atoms with Crippen LogP contribution in [0.4, 0.5) is 0 Å². The molecule has 1 fully saturated rings. The molecule has 1 aromatic rings. The first kappa shape index (κ1) is 14.9. The van der Waals surface area contributed by atoms with Crippen LogP contribution < -0.4 is 10.6 Å². The Morgan fingerprint density at radius 1 is 1.45 bits per heavy atom. The Hall–Kier alpha value is -1.49. The quantitative estimate of drug-likeness (QED) is 0.864. The number of nitrogens with zero attached hydrogens (tertiary/aromatic N) is 2. The fourth-order valence-electron chi connectivity index (χ4n) is 2.38. The summed E-state index contributed by atoms with van der Waals surface area (Å²) in [6, 6.07) is 0. The minimum Gasteiger partial charge on any atom is -0.347 e. The lowest BCUT2D eigenvalue weighted by molar-refractivity contribution is 0.0918. The number of piperidine rings is 1. The zero-order valence-corrected chi connectivity index (χ0v) is 12.8. The number of hydrogen-bond donors (Lipinski definition) is 2. The van der Waals surface area contributed by atoms with E-state index in [-0.39, 0.29) is 11.4 Å². The van der Waals surface area contributed by atoms with E-state index in [0.717, 1.165) is 37.4 Å². The predicted molar refractivity (Wildman–Crippen MR) is 78.8 cm³/mol. The average molecular weight is 276 g/mol. The molecule has 2 rings (SSSR count). The van der Waals surface area contributed by atoms with E-state index in [0.29, 0.717) is 11.5 Å². The number of rotatable bonds is 2. The number of aryl methyl sites for hydroxylation is 1. The van der Waals surface area contributed by atoms with Crippen molar-refractivity contribution in [1.82, 2.24) is 20.6 Å². The highest BCUT2D eigenvalue weighted by Crippen LogP contribution is 2.20. The summed E-state index contributed by atoms with van der Waals surface area (Å²) >= 11 is 0. The van der Waals surface area contributed by atoms with E-state index in [2.05, 4.69) is 20.6 Å². The second-order valence-corrected chi connectivity index (χ2v) is 6.47. The minimum atomic E-state index is -0.254. The summed E-state index contributed by atoms with van der Waals surface area (Å²) in [5.74, 6) is 1.10. The summed E-state index contributed by atoms with van der Waals surface area (Å²) < 4.78 is 0. The molecule has 2 heterocycles. The van der Waals surface area contributed by atoms with Gasteiger partial charge in [0.25, 0.3) is 5.91 Å². The van der Waals surface area contributed by atoms with Crippen molar-refractivity contribution in [3.8, 4) is 0 Å². The van der Waals surface area contributed by atoms with Crippen LogP contribution in [0.2, 0.25) is 0 Å². The van der Waals surface area contributed by atoms with Crippen molar-refractivity contribution in [3.63, 3.8) is 0 Å². The average Bonchev–Trinajstić information content (AvgIpc) is 2.37. The molecule has 20 heavy (non-hydrogen) atoms. The van der Waals surface area contributed by atoms with Crippen molar-refractivity contribution in [2.75, 3.05) is 13.1 Å². The Morgan fingerprint density at radius 2 is 2.20 bits per heavy atom. The molecule has 0 aromatic carbocycles. The van der Waals surface area contributed by atoms with Gasteiger partial charge in [-0.15, -0.1) is 0 Å². The molecule has 110 valence electrons. The number of amides is 1. The van der Waals surface area contributed by atoms with Gasteiger partial charge in [0.2, 0.25) is 0 Å². The van der Waals surface area contributed by atoms with Gasteiger partial charge in [-0.2, -0.15) is 0 Å². The van der Waals surface area contributed by atoms with Crippen LogP contribution in [0.15, 0.2) is 6.20 Å². The van der Waals surface area contributed by atoms with Gasteiger partial charge in [-0.1, -0.05) is 0 Å². The lowest BCUT2D eigenvalue weighted by Crippen LogP contribution is -2.41. The molecule has 5 nitrogen and oxygen atoms in total. The van der Waals surface area contributed by atoms with Crippen LogP contribution in [0.3, 0.4) is 0 Å². The molecule has 1 amide bonds. The standard InChI is InChI=1S/C15H24N4O/c1-10-12(14(20)19-15(2,3)4)9-17-13(18-10)11-6-5-7-16-8-11/h9,11,16H,5-8H2,1-4H3,(H,19,20)/t11-/m0/s1. The van der Waals surface area contributed by atoms with Gasteiger partial charge in [0.05, 0.1) is 11.3 Å². The minimum absolute atomic E-state index is 0.108. The Balaban J connectivity index is 2.15. The largest absolute Gasteiger partial charge is 0.347 e. The van der Waals surface area contributed by atoms with Gasteiger partial charge >= 0.3 is 0 Å². The Bertz CT molecular complexity index is 487. The van der Waals surface area contributed by atoms with E-state index in [9.17, 15) is 4.79 Å². The maximum atomic E-state index is 12.2. The SMILES string of the molecule is Cc1nc([C@H]2CCCNC2)ncc1C(=O)NC(C)(C)C. The van der Waals surface area contributed by atoms with Gasteiger partial charge in [0, 0.05) is 24.2 Å². The molecular weight excluding hydrogens is 252 g/mol. The monoisotopic (exact) mass is 276 g/mol. The molecule has 5 heteroatoms. The third-order valence-corrected chi connectivity index (χ3v) is 3.39. The van der Waals surface area contributed by atoms with Gasteiger partial charge in [0.1, 0.15) is 5.82 Å². The van der Waals surface area contributed by atoms with Crippen LogP contribution in [0, 0.1) is 6.92 Å². The molecular formula is C15H24N4O. The lowest BCUT2D eigenvalue weighted by Gasteiger charge is -2.23. The fraction of sp³-hybridized carbons (Fsp3) is 0.667. The highest BCUT2D eigenvalue weighted by Gasteiger charge is 2.21. The molecule has 0 unspecified atom stereocenters. The molecule has 1 atom stereocenters. The Morgan fingerprint density at radius 3 is 2.75 bits per heavy atom. The maximum Gasteiger partial charge on any atom is 0.255 e. The zero-order chi connectivity index (χ0) is 14.8. The lowest BCUT2D eigenvalue weighted by atomic mass is 9.98. The van der Waals surface area contributed by atoms with E-state index in [4.69, 9.17) is 0 Å². The number of carbonyl (C=O) groups excluding carboxylic acids is 1. The first-order chi connectivity index (χ1) is 9.37. The van der Waals surface area contributed by atoms with Crippen LogP contribution in [0.1, 0.15) is 61.4 Å². The molecule has 2 N–H and O–H groups in total. The summed E-state index contributed by atoms with van der Waals surface area (Å²) in [5.41, 5.74) is 1.06. The van der Waals surface area contributed by atoms with Crippen molar-refractivity contribution >= 4 is 5.91 Å². The first-order valence-corrected chi connectivity index (χ1v) is 7.23. The summed E-state index contributed by atoms with van der Waals surface area (Å²) in [7, 11) is 0. The van der Waals surface area contributed by atoms with E-state index in [1.54, 1.807) is 6.20 Å². The number of carbonyl (C=O) groups is 1. The van der Waals surface area contributed by atoms with Crippen LogP contribution in [0.25, 0.3) is 0 Å². The molecule has 1 saturated heterocycles. The zero-order valence-electron chi connectivity index (χ0n) is 12.8. The molecule has 0 radical (unpaired) electrons. The first-order valence-electron chi connectivity index (χ1n) is 7.23. The van der Waals surface area contributed by atoms with Crippen molar-refractivity contribution in [2.24, 2.45) is 0 Å². The fourth-order valence-corrected chi connectivity index (χ4v) is 2.38. The van der Waals surface area contributed by atoms with Crippen LogP contribution in [0.5, 0.6) is 0 Å². The molecule has 0 saturated carbocycles. The van der Waals surface area contributed by atoms with Crippen LogP contribution in [-0.4, -0.2) is 34.5 Å². The molecule has 0 bridgehead atoms. The smallest absolute Gasteiger partial charge is 0.255 e. The van der Waals surface area contributed by atoms with Gasteiger partial charge in [-0.3, -0.25) is 4.79 Å². The summed E-state index contributed by atoms with van der Waals surface area (Å²) in [6.45, 7) is 9.75. The third kappa shape index (κ3) is 3.76. The van der Waals surface area contributed by atoms with E-state index >= 15 is 0 Å². The van der Waals surface area contributed by atoms with Gasteiger partial charge in [-0.05, 0) is 47.1 Å². The van der Waals surface area contributed by atoms with Crippen LogP contribution in [-0.2, 0) is 0 Å². The van der Waals surface area contributed by atoms with Gasteiger partial charge < -0.3 is 10.6 Å². The second-order valence-electron chi connectivity index (χ2n) is 6.47. The normalized spacial score (nSPS) is 19.7. The highest BCUT2D eigenvalue weighted by molar-refractivity contribution is 5.95. The molecule has 1 aliphatic heterocycles. The topological polar surface area (TPSA) is 66.9 Å². The number of aromatic nitrogens is 2. The second kappa shape index (κ2) is 5.87. The Kier molecular flexibility index (Phi) is 4.38. The van der Waals surface area contributed by atoms with Crippen molar-refractivity contribution in [1.29, 1.82) is 0 Å². The summed E-state index contributed by atoms with van der Waals surface area (Å²) in [6.07, 6.45) is 3.92. The molecule has 0 spiro atoms. The maximum absolute atomic E-state index is 12.2. The predicted octanol–water partition coefficient (Wildman–Crippen LogP) is 1.78. The van der Waals surface area contributed by atoms with E-state index in [1.165, 1.54) is 0 Å². The van der Waals surface area contributed by atoms with E-state index < -0.39 is 0 Å². The van der Waals surface area contributed by atoms with Crippen LogP contribution >= 0.6 is 0 Å². The summed E-state index contributed by atoms with van der Waals surface area (Å²) in [5, 5.41) is 6.31. The molecule has 1 aliphatic rings. The van der Waals surface area contributed by atoms with Gasteiger partial charge in [-0.25, -0.2) is 9.97 Å². The highest BCUT2D eigenvalue weighted by atomic mass is 16.1. The summed E-state index contributed by atoms with van der Waals surface area (Å²) in [4.78, 5) is 21.1. The molecule has 1 aromatic heterocycles. The number of nitrogens with one attached hydrogen (secondary N) is 2. The number of hydrogen-bond acceptors (Lipinski definition) is 4. The van der Waals surface area contributed by atoms with E-state index in [1.807, 2.05) is 27.7 Å². The van der Waals surface area contributed by atoms with Gasteiger partial charge in [0.15, 0.2) is 0 Å². The molecule has 0 aliphatic carbocycles. The van der Waals surface area contributed by atoms with Crippen molar-refractivity contribution in [3.05, 3.63) is 23.3 Å². The third-order valence-electron chi connectivity index (χ3n) is 3.39. The van der Waals surface area contributed by atoms with Crippen molar-refractivity contribution in [2.45, 2.75) is 52.0 Å².